The van der Waals surface area contributed by atoms with Crippen LogP contribution in [0, 0.1) is 5.92 Å². The second-order valence-corrected chi connectivity index (χ2v) is 2.90. The van der Waals surface area contributed by atoms with Crippen LogP contribution in [0.5, 0.6) is 0 Å². The fourth-order valence-electron chi connectivity index (χ4n) is 0.733. The Morgan fingerprint density at radius 3 is 2.80 bits per heavy atom. The summed E-state index contributed by atoms with van der Waals surface area (Å²) in [5.41, 5.74) is 0. The smallest absolute Gasteiger partial charge is 0.0823 e. The summed E-state index contributed by atoms with van der Waals surface area (Å²) < 4.78 is 5.41. The molecule has 0 bridgehead atoms. The average Bonchev–Trinajstić information content (AvgIpc) is 1.84. The second kappa shape index (κ2) is 3.91. The van der Waals surface area contributed by atoms with Gasteiger partial charge in [0.2, 0.25) is 0 Å². The molecule has 0 radical (unpaired) electrons. The van der Waals surface area contributed by atoms with Crippen LogP contribution in [0.2, 0.25) is 0 Å². The summed E-state index contributed by atoms with van der Waals surface area (Å²) in [5.74, 6) is 0.278. The molecule has 0 aromatic carbocycles. The Bertz CT molecular complexity index is 88.9. The lowest BCUT2D eigenvalue weighted by molar-refractivity contribution is -0.00695. The Balaban J connectivity index is 1.93. The van der Waals surface area contributed by atoms with Crippen molar-refractivity contribution in [2.45, 2.75) is 13.0 Å². The highest BCUT2D eigenvalue weighted by Crippen LogP contribution is 2.01. The lowest BCUT2D eigenvalue weighted by Crippen LogP contribution is -2.49. The molecule has 1 fully saturated rings. The van der Waals surface area contributed by atoms with Crippen molar-refractivity contribution in [3.63, 3.8) is 0 Å². The summed E-state index contributed by atoms with van der Waals surface area (Å²) in [6.45, 7) is 4.82. The first-order chi connectivity index (χ1) is 4.83. The maximum absolute atomic E-state index is 8.64. The van der Waals surface area contributed by atoms with Gasteiger partial charge in [0, 0.05) is 25.6 Å². The van der Waals surface area contributed by atoms with Crippen LogP contribution < -0.4 is 5.32 Å². The van der Waals surface area contributed by atoms with Crippen molar-refractivity contribution in [1.82, 2.24) is 5.32 Å². The van der Waals surface area contributed by atoms with Gasteiger partial charge in [-0.3, -0.25) is 0 Å². The predicted octanol–water partition coefficient (Wildman–Crippen LogP) is -0.397. The van der Waals surface area contributed by atoms with Crippen molar-refractivity contribution < 1.29 is 9.84 Å². The van der Waals surface area contributed by atoms with Gasteiger partial charge >= 0.3 is 0 Å². The van der Waals surface area contributed by atoms with Crippen LogP contribution >= 0.6 is 0 Å². The predicted molar refractivity (Wildman–Crippen MR) is 38.9 cm³/mol. The Morgan fingerprint density at radius 2 is 2.40 bits per heavy atom. The highest BCUT2D eigenvalue weighted by Gasteiger charge is 2.17. The van der Waals surface area contributed by atoms with Crippen LogP contribution in [0.1, 0.15) is 6.92 Å². The average molecular weight is 145 g/mol. The number of rotatable bonds is 4. The monoisotopic (exact) mass is 145 g/mol. The first kappa shape index (κ1) is 7.98. The minimum absolute atomic E-state index is 0.222. The first-order valence-electron chi connectivity index (χ1n) is 3.76. The summed E-state index contributed by atoms with van der Waals surface area (Å²) in [4.78, 5) is 0. The zero-order chi connectivity index (χ0) is 7.40. The Kier molecular flexibility index (Phi) is 3.12. The van der Waals surface area contributed by atoms with E-state index in [2.05, 4.69) is 5.32 Å². The number of ether oxygens (including phenoxy) is 1. The third-order valence-corrected chi connectivity index (χ3v) is 1.67. The standard InChI is InChI=1S/C7H15NO2/c1-6(4-9)5-10-7-2-8-3-7/h6-9H,2-5H2,1H3. The molecule has 60 valence electrons. The fraction of sp³-hybridized carbons (Fsp3) is 1.00. The Hall–Kier alpha value is -0.120. The van der Waals surface area contributed by atoms with Crippen LogP contribution in [-0.2, 0) is 4.74 Å². The summed E-state index contributed by atoms with van der Waals surface area (Å²) in [6.07, 6.45) is 0.397. The van der Waals surface area contributed by atoms with Crippen molar-refractivity contribution in [2.24, 2.45) is 5.92 Å². The highest BCUT2D eigenvalue weighted by molar-refractivity contribution is 4.74. The van der Waals surface area contributed by atoms with E-state index < -0.39 is 0 Å². The number of aliphatic hydroxyl groups excluding tert-OH is 1. The molecule has 3 nitrogen and oxygen atoms in total. The third kappa shape index (κ3) is 2.25. The number of hydrogen-bond acceptors (Lipinski definition) is 3. The van der Waals surface area contributed by atoms with E-state index in [1.165, 1.54) is 0 Å². The van der Waals surface area contributed by atoms with Gasteiger partial charge < -0.3 is 15.2 Å². The van der Waals surface area contributed by atoms with Crippen molar-refractivity contribution in [3.8, 4) is 0 Å². The molecule has 2 N–H and O–H groups in total. The van der Waals surface area contributed by atoms with Crippen LogP contribution in [0.25, 0.3) is 0 Å². The van der Waals surface area contributed by atoms with E-state index in [1.54, 1.807) is 0 Å². The summed E-state index contributed by atoms with van der Waals surface area (Å²) >= 11 is 0. The maximum atomic E-state index is 8.64. The molecule has 1 aliphatic rings. The Morgan fingerprint density at radius 1 is 1.70 bits per heavy atom. The second-order valence-electron chi connectivity index (χ2n) is 2.90. The van der Waals surface area contributed by atoms with Crippen LogP contribution in [0.3, 0.4) is 0 Å². The number of aliphatic hydroxyl groups is 1. The van der Waals surface area contributed by atoms with E-state index in [0.29, 0.717) is 12.7 Å². The first-order valence-corrected chi connectivity index (χ1v) is 3.76. The van der Waals surface area contributed by atoms with E-state index in [-0.39, 0.29) is 12.5 Å². The van der Waals surface area contributed by atoms with E-state index >= 15 is 0 Å². The van der Waals surface area contributed by atoms with Gasteiger partial charge in [0.05, 0.1) is 12.7 Å². The molecule has 1 atom stereocenters. The molecule has 1 saturated heterocycles. The molecule has 0 saturated carbocycles. The van der Waals surface area contributed by atoms with E-state index in [9.17, 15) is 0 Å². The number of nitrogens with one attached hydrogen (secondary N) is 1. The molecule has 3 heteroatoms. The SMILES string of the molecule is CC(CO)COC1CNC1. The maximum Gasteiger partial charge on any atom is 0.0823 e. The molecule has 0 spiro atoms. The van der Waals surface area contributed by atoms with Gasteiger partial charge in [0.15, 0.2) is 0 Å². The largest absolute Gasteiger partial charge is 0.396 e. The van der Waals surface area contributed by atoms with Gasteiger partial charge in [0.25, 0.3) is 0 Å². The molecule has 1 unspecified atom stereocenters. The highest BCUT2D eigenvalue weighted by atomic mass is 16.5. The van der Waals surface area contributed by atoms with Crippen molar-refractivity contribution in [3.05, 3.63) is 0 Å². The number of hydrogen-bond donors (Lipinski definition) is 2. The minimum atomic E-state index is 0.222. The summed E-state index contributed by atoms with van der Waals surface area (Å²) in [5, 5.41) is 11.8. The third-order valence-electron chi connectivity index (χ3n) is 1.67. The van der Waals surface area contributed by atoms with E-state index in [0.717, 1.165) is 13.1 Å². The van der Waals surface area contributed by atoms with Gasteiger partial charge in [0.1, 0.15) is 0 Å². The molecule has 1 aliphatic heterocycles. The molecule has 0 amide bonds. The van der Waals surface area contributed by atoms with Crippen LogP contribution in [-0.4, -0.2) is 37.5 Å². The molecule has 1 rings (SSSR count). The van der Waals surface area contributed by atoms with E-state index in [4.69, 9.17) is 9.84 Å². The molecule has 0 aromatic heterocycles. The molecular weight excluding hydrogens is 130 g/mol. The van der Waals surface area contributed by atoms with Crippen LogP contribution in [0.4, 0.5) is 0 Å². The van der Waals surface area contributed by atoms with Crippen LogP contribution in [0.15, 0.2) is 0 Å². The zero-order valence-corrected chi connectivity index (χ0v) is 6.34. The van der Waals surface area contributed by atoms with Gasteiger partial charge in [-0.25, -0.2) is 0 Å². The van der Waals surface area contributed by atoms with E-state index in [1.807, 2.05) is 6.92 Å². The quantitative estimate of drug-likeness (QED) is 0.565. The molecule has 10 heavy (non-hydrogen) atoms. The zero-order valence-electron chi connectivity index (χ0n) is 6.34. The fourth-order valence-corrected chi connectivity index (χ4v) is 0.733. The summed E-state index contributed by atoms with van der Waals surface area (Å²) in [7, 11) is 0. The molecule has 1 heterocycles. The summed E-state index contributed by atoms with van der Waals surface area (Å²) in [6, 6.07) is 0. The van der Waals surface area contributed by atoms with Crippen molar-refractivity contribution in [1.29, 1.82) is 0 Å². The van der Waals surface area contributed by atoms with Gasteiger partial charge in [-0.15, -0.1) is 0 Å². The molecule has 0 aromatic rings. The molecule has 0 aliphatic carbocycles. The molecular formula is C7H15NO2. The van der Waals surface area contributed by atoms with Gasteiger partial charge in [-0.1, -0.05) is 6.92 Å². The van der Waals surface area contributed by atoms with Crippen molar-refractivity contribution >= 4 is 0 Å². The minimum Gasteiger partial charge on any atom is -0.396 e. The normalized spacial score (nSPS) is 22.2. The lowest BCUT2D eigenvalue weighted by Gasteiger charge is -2.28. The van der Waals surface area contributed by atoms with Crippen molar-refractivity contribution in [2.75, 3.05) is 26.3 Å². The lowest BCUT2D eigenvalue weighted by atomic mass is 10.2. The van der Waals surface area contributed by atoms with Gasteiger partial charge in [-0.2, -0.15) is 0 Å². The van der Waals surface area contributed by atoms with Gasteiger partial charge in [-0.05, 0) is 0 Å². The topological polar surface area (TPSA) is 41.5 Å². The Labute approximate surface area is 61.4 Å².